The summed E-state index contributed by atoms with van der Waals surface area (Å²) < 4.78 is 5.48. The van der Waals surface area contributed by atoms with Crippen LogP contribution in [-0.2, 0) is 6.54 Å². The number of aliphatic hydroxyl groups excluding tert-OH is 1. The number of nitrogens with zero attached hydrogens (tertiary/aromatic N) is 2. The zero-order valence-corrected chi connectivity index (χ0v) is 16.5. The van der Waals surface area contributed by atoms with Crippen molar-refractivity contribution in [2.24, 2.45) is 10.7 Å². The Kier molecular flexibility index (Phi) is 8.61. The van der Waals surface area contributed by atoms with Crippen LogP contribution in [0.25, 0.3) is 0 Å². The van der Waals surface area contributed by atoms with E-state index >= 15 is 0 Å². The molecule has 1 aromatic carbocycles. The predicted octanol–water partition coefficient (Wildman–Crippen LogP) is 4.13. The number of methoxy groups -OCH3 is 1. The Morgan fingerprint density at radius 2 is 2.12 bits per heavy atom. The molecule has 0 amide bonds. The van der Waals surface area contributed by atoms with Crippen LogP contribution >= 0.6 is 11.3 Å². The first-order chi connectivity index (χ1) is 12.7. The highest BCUT2D eigenvalue weighted by molar-refractivity contribution is 7.12. The number of nitrogens with two attached hydrogens (primary N) is 1. The molecule has 0 saturated heterocycles. The summed E-state index contributed by atoms with van der Waals surface area (Å²) >= 11 is 1.57. The normalized spacial score (nSPS) is 11.9. The van der Waals surface area contributed by atoms with Gasteiger partial charge in [-0.05, 0) is 36.1 Å². The Hall–Kier alpha value is -1.89. The second kappa shape index (κ2) is 11.0. The number of ether oxygens (including phenoxy) is 1. The Morgan fingerprint density at radius 1 is 1.27 bits per heavy atom. The zero-order chi connectivity index (χ0) is 18.8. The molecule has 5 nitrogen and oxygen atoms in total. The van der Waals surface area contributed by atoms with Gasteiger partial charge in [-0.3, -0.25) is 4.90 Å². The lowest BCUT2D eigenvalue weighted by Crippen LogP contribution is -2.25. The Morgan fingerprint density at radius 3 is 2.77 bits per heavy atom. The number of thiophene rings is 1. The maximum Gasteiger partial charge on any atom is 0.141 e. The van der Waals surface area contributed by atoms with E-state index in [0.717, 1.165) is 34.8 Å². The third-order valence-corrected chi connectivity index (χ3v) is 5.10. The van der Waals surface area contributed by atoms with Crippen molar-refractivity contribution in [1.82, 2.24) is 4.90 Å². The first-order valence-electron chi connectivity index (χ1n) is 9.06. The number of unbranched alkanes of at least 4 members (excludes halogenated alkanes) is 3. The SMILES string of the molecule is CCCCCCN(CO)Cc1cc(N=C(N)c2cccs2)ccc1OC. The van der Waals surface area contributed by atoms with E-state index in [1.54, 1.807) is 18.4 Å². The molecule has 0 atom stereocenters. The molecule has 0 bridgehead atoms. The van der Waals surface area contributed by atoms with E-state index in [0.29, 0.717) is 12.4 Å². The predicted molar refractivity (Wildman–Crippen MR) is 109 cm³/mol. The van der Waals surface area contributed by atoms with Crippen molar-refractivity contribution in [3.8, 4) is 5.75 Å². The smallest absolute Gasteiger partial charge is 0.141 e. The number of benzene rings is 1. The van der Waals surface area contributed by atoms with Crippen molar-refractivity contribution in [2.45, 2.75) is 39.2 Å². The third kappa shape index (κ3) is 6.12. The van der Waals surface area contributed by atoms with E-state index in [1.807, 2.05) is 40.6 Å². The van der Waals surface area contributed by atoms with Crippen molar-refractivity contribution in [2.75, 3.05) is 20.4 Å². The third-order valence-electron chi connectivity index (χ3n) is 4.21. The highest BCUT2D eigenvalue weighted by Gasteiger charge is 2.10. The molecule has 0 unspecified atom stereocenters. The van der Waals surface area contributed by atoms with Crippen LogP contribution in [0, 0.1) is 0 Å². The summed E-state index contributed by atoms with van der Waals surface area (Å²) in [5.74, 6) is 1.31. The summed E-state index contributed by atoms with van der Waals surface area (Å²) in [6.45, 7) is 3.71. The monoisotopic (exact) mass is 375 g/mol. The molecule has 0 radical (unpaired) electrons. The molecular weight excluding hydrogens is 346 g/mol. The molecule has 0 aliphatic heterocycles. The molecule has 2 rings (SSSR count). The van der Waals surface area contributed by atoms with Crippen LogP contribution in [0.5, 0.6) is 5.75 Å². The number of rotatable bonds is 11. The molecule has 1 heterocycles. The fourth-order valence-electron chi connectivity index (χ4n) is 2.78. The molecule has 6 heteroatoms. The maximum atomic E-state index is 9.69. The Balaban J connectivity index is 2.11. The van der Waals surface area contributed by atoms with Crippen LogP contribution in [0.2, 0.25) is 0 Å². The fourth-order valence-corrected chi connectivity index (χ4v) is 3.41. The fraction of sp³-hybridized carbons (Fsp3) is 0.450. The van der Waals surface area contributed by atoms with E-state index < -0.39 is 0 Å². The standard InChI is InChI=1S/C20H29N3O2S/c1-3-4-5-6-11-23(15-24)14-16-13-17(9-10-18(16)25-2)22-20(21)19-8-7-12-26-19/h7-10,12-13,24H,3-6,11,14-15H2,1-2H3,(H2,21,22). The second-order valence-electron chi connectivity index (χ2n) is 6.23. The minimum absolute atomic E-state index is 0.0279. The summed E-state index contributed by atoms with van der Waals surface area (Å²) in [6, 6.07) is 9.70. The van der Waals surface area contributed by atoms with Crippen LogP contribution in [0.15, 0.2) is 40.7 Å². The van der Waals surface area contributed by atoms with Gasteiger partial charge in [0.15, 0.2) is 0 Å². The number of hydrogen-bond donors (Lipinski definition) is 2. The molecule has 0 fully saturated rings. The minimum atomic E-state index is 0.0279. The van der Waals surface area contributed by atoms with Gasteiger partial charge in [0.25, 0.3) is 0 Å². The lowest BCUT2D eigenvalue weighted by atomic mass is 10.1. The number of aliphatic imine (C=N–C) groups is 1. The lowest BCUT2D eigenvalue weighted by molar-refractivity contribution is 0.0979. The first-order valence-corrected chi connectivity index (χ1v) is 9.94. The first kappa shape index (κ1) is 20.4. The highest BCUT2D eigenvalue weighted by atomic mass is 32.1. The molecule has 142 valence electrons. The molecule has 0 saturated carbocycles. The molecule has 3 N–H and O–H groups in total. The van der Waals surface area contributed by atoms with Gasteiger partial charge in [-0.2, -0.15) is 0 Å². The van der Waals surface area contributed by atoms with Gasteiger partial charge in [0.05, 0.1) is 24.4 Å². The topological polar surface area (TPSA) is 71.1 Å². The van der Waals surface area contributed by atoms with E-state index in [1.165, 1.54) is 19.3 Å². The number of amidine groups is 1. The lowest BCUT2D eigenvalue weighted by Gasteiger charge is -2.21. The number of hydrogen-bond acceptors (Lipinski definition) is 5. The van der Waals surface area contributed by atoms with Gasteiger partial charge in [0.1, 0.15) is 11.6 Å². The van der Waals surface area contributed by atoms with Crippen molar-refractivity contribution in [1.29, 1.82) is 0 Å². The maximum absolute atomic E-state index is 9.69. The zero-order valence-electron chi connectivity index (χ0n) is 15.6. The van der Waals surface area contributed by atoms with E-state index in [-0.39, 0.29) is 6.73 Å². The van der Waals surface area contributed by atoms with Gasteiger partial charge in [-0.25, -0.2) is 4.99 Å². The minimum Gasteiger partial charge on any atom is -0.496 e. The largest absolute Gasteiger partial charge is 0.496 e. The van der Waals surface area contributed by atoms with Crippen LogP contribution in [0.1, 0.15) is 43.0 Å². The van der Waals surface area contributed by atoms with Gasteiger partial charge in [-0.15, -0.1) is 11.3 Å². The summed E-state index contributed by atoms with van der Waals surface area (Å²) in [7, 11) is 1.66. The van der Waals surface area contributed by atoms with Crippen molar-refractivity contribution in [3.63, 3.8) is 0 Å². The van der Waals surface area contributed by atoms with Crippen LogP contribution < -0.4 is 10.5 Å². The molecule has 2 aromatic rings. The average Bonchev–Trinajstić information content (AvgIpc) is 3.19. The molecule has 0 aliphatic carbocycles. The molecule has 26 heavy (non-hydrogen) atoms. The van der Waals surface area contributed by atoms with Crippen molar-refractivity contribution >= 4 is 22.9 Å². The van der Waals surface area contributed by atoms with Crippen molar-refractivity contribution < 1.29 is 9.84 Å². The second-order valence-corrected chi connectivity index (χ2v) is 7.17. The van der Waals surface area contributed by atoms with Gasteiger partial charge in [0, 0.05) is 18.7 Å². The van der Waals surface area contributed by atoms with E-state index in [2.05, 4.69) is 11.9 Å². The Bertz CT molecular complexity index is 686. The number of aliphatic hydroxyl groups is 1. The van der Waals surface area contributed by atoms with E-state index in [4.69, 9.17) is 10.5 Å². The summed E-state index contributed by atoms with van der Waals surface area (Å²) in [4.78, 5) is 7.50. The van der Waals surface area contributed by atoms with E-state index in [9.17, 15) is 5.11 Å². The molecule has 0 aliphatic rings. The summed E-state index contributed by atoms with van der Waals surface area (Å²) in [6.07, 6.45) is 4.71. The summed E-state index contributed by atoms with van der Waals surface area (Å²) in [5, 5.41) is 11.7. The van der Waals surface area contributed by atoms with Gasteiger partial charge >= 0.3 is 0 Å². The Labute approximate surface area is 160 Å². The van der Waals surface area contributed by atoms with Crippen LogP contribution in [0.4, 0.5) is 5.69 Å². The van der Waals surface area contributed by atoms with Crippen molar-refractivity contribution in [3.05, 3.63) is 46.2 Å². The molecule has 1 aromatic heterocycles. The van der Waals surface area contributed by atoms with Gasteiger partial charge < -0.3 is 15.6 Å². The van der Waals surface area contributed by atoms with Crippen LogP contribution in [0.3, 0.4) is 0 Å². The molecular formula is C20H29N3O2S. The van der Waals surface area contributed by atoms with Gasteiger partial charge in [0.2, 0.25) is 0 Å². The van der Waals surface area contributed by atoms with Gasteiger partial charge in [-0.1, -0.05) is 32.3 Å². The average molecular weight is 376 g/mol. The quantitative estimate of drug-likeness (QED) is 0.268. The highest BCUT2D eigenvalue weighted by Crippen LogP contribution is 2.26. The molecule has 0 spiro atoms. The summed E-state index contributed by atoms with van der Waals surface area (Å²) in [5.41, 5.74) is 7.88. The van der Waals surface area contributed by atoms with Crippen LogP contribution in [-0.4, -0.2) is 36.2 Å².